The average Bonchev–Trinajstić information content (AvgIpc) is 2.70. The molecular weight excluding hydrogens is 405 g/mol. The minimum Gasteiger partial charge on any atom is -0.503 e. The first-order chi connectivity index (χ1) is 14.2. The molecule has 7 nitrogen and oxygen atoms in total. The summed E-state index contributed by atoms with van der Waals surface area (Å²) in [6.07, 6.45) is -3.44. The number of amides is 1. The first-order valence-electron chi connectivity index (χ1n) is 8.42. The van der Waals surface area contributed by atoms with Crippen LogP contribution in [0, 0.1) is 0 Å². The molecule has 156 valence electrons. The highest BCUT2D eigenvalue weighted by Gasteiger charge is 2.31. The number of aromatic hydroxyl groups is 1. The van der Waals surface area contributed by atoms with Crippen LogP contribution in [0.2, 0.25) is 0 Å². The number of carbonyl (C=O) groups excluding carboxylic acids is 1. The third kappa shape index (κ3) is 5.31. The molecule has 1 aromatic heterocycles. The molecule has 10 heteroatoms. The maximum absolute atomic E-state index is 12.3. The molecule has 2 N–H and O–H groups in total. The first kappa shape index (κ1) is 20.8. The Morgan fingerprint density at radius 3 is 2.10 bits per heavy atom. The molecule has 1 amide bonds. The molecule has 1 heterocycles. The third-order valence-electron chi connectivity index (χ3n) is 3.73. The fourth-order valence-corrected chi connectivity index (χ4v) is 2.41. The number of carbonyl (C=O) groups is 1. The van der Waals surface area contributed by atoms with Gasteiger partial charge in [0.05, 0.1) is 7.11 Å². The normalized spacial score (nSPS) is 10.9. The van der Waals surface area contributed by atoms with Crippen molar-refractivity contribution in [1.82, 2.24) is 4.98 Å². The predicted octanol–water partition coefficient (Wildman–Crippen LogP) is 4.74. The van der Waals surface area contributed by atoms with Gasteiger partial charge in [-0.15, -0.1) is 13.2 Å². The largest absolute Gasteiger partial charge is 0.573 e. The van der Waals surface area contributed by atoms with E-state index in [-0.39, 0.29) is 22.9 Å². The molecule has 0 atom stereocenters. The molecule has 0 fully saturated rings. The van der Waals surface area contributed by atoms with Crippen molar-refractivity contribution in [3.05, 3.63) is 66.5 Å². The lowest BCUT2D eigenvalue weighted by Crippen LogP contribution is -2.16. The Morgan fingerprint density at radius 1 is 0.967 bits per heavy atom. The number of nitrogens with one attached hydrogen (secondary N) is 1. The van der Waals surface area contributed by atoms with E-state index in [1.54, 1.807) is 24.3 Å². The van der Waals surface area contributed by atoms with Gasteiger partial charge in [-0.05, 0) is 48.5 Å². The summed E-state index contributed by atoms with van der Waals surface area (Å²) in [5, 5.41) is 12.6. The number of ether oxygens (including phenoxy) is 3. The molecule has 0 aliphatic carbocycles. The van der Waals surface area contributed by atoms with E-state index in [0.29, 0.717) is 17.2 Å². The molecule has 0 aliphatic heterocycles. The van der Waals surface area contributed by atoms with E-state index in [0.717, 1.165) is 12.1 Å². The van der Waals surface area contributed by atoms with Gasteiger partial charge in [-0.1, -0.05) is 0 Å². The molecule has 0 bridgehead atoms. The van der Waals surface area contributed by atoms with Gasteiger partial charge < -0.3 is 24.6 Å². The molecule has 2 aromatic carbocycles. The SMILES string of the molecule is COc1ccnc(C(=O)Nc2ccc(Oc3ccc(OC(F)(F)F)cc3)cc2)c1O. The number of rotatable bonds is 6. The lowest BCUT2D eigenvalue weighted by molar-refractivity contribution is -0.274. The predicted molar refractivity (Wildman–Crippen MR) is 100 cm³/mol. The molecule has 0 spiro atoms. The van der Waals surface area contributed by atoms with Gasteiger partial charge in [-0.3, -0.25) is 4.79 Å². The molecule has 0 unspecified atom stereocenters. The standard InChI is InChI=1S/C20H15F3N2O5/c1-28-16-10-11-24-17(18(16)26)19(27)25-12-2-4-13(5-3-12)29-14-6-8-15(9-7-14)30-20(21,22)23/h2-11,26H,1H3,(H,25,27). The zero-order valence-electron chi connectivity index (χ0n) is 15.4. The van der Waals surface area contributed by atoms with Crippen molar-refractivity contribution in [2.24, 2.45) is 0 Å². The van der Waals surface area contributed by atoms with Gasteiger partial charge in [0.25, 0.3) is 5.91 Å². The van der Waals surface area contributed by atoms with Crippen molar-refractivity contribution in [3.63, 3.8) is 0 Å². The highest BCUT2D eigenvalue weighted by atomic mass is 19.4. The van der Waals surface area contributed by atoms with Gasteiger partial charge in [0.1, 0.15) is 17.2 Å². The van der Waals surface area contributed by atoms with Crippen molar-refractivity contribution < 1.29 is 37.3 Å². The zero-order chi connectivity index (χ0) is 21.7. The number of halogens is 3. The molecule has 3 aromatic rings. The summed E-state index contributed by atoms with van der Waals surface area (Å²) in [6, 6.07) is 12.5. The topological polar surface area (TPSA) is 89.9 Å². The summed E-state index contributed by atoms with van der Waals surface area (Å²) in [6.45, 7) is 0. The van der Waals surface area contributed by atoms with Crippen LogP contribution in [-0.4, -0.2) is 29.5 Å². The molecule has 3 rings (SSSR count). The monoisotopic (exact) mass is 420 g/mol. The number of methoxy groups -OCH3 is 1. The van der Waals surface area contributed by atoms with Crippen LogP contribution in [-0.2, 0) is 0 Å². The van der Waals surface area contributed by atoms with Crippen LogP contribution in [0.1, 0.15) is 10.5 Å². The summed E-state index contributed by atoms with van der Waals surface area (Å²) in [7, 11) is 1.35. The number of pyridine rings is 1. The number of aromatic nitrogens is 1. The summed E-state index contributed by atoms with van der Waals surface area (Å²) in [4.78, 5) is 16.1. The van der Waals surface area contributed by atoms with Gasteiger partial charge in [-0.2, -0.15) is 0 Å². The van der Waals surface area contributed by atoms with Crippen LogP contribution >= 0.6 is 0 Å². The van der Waals surface area contributed by atoms with E-state index >= 15 is 0 Å². The van der Waals surface area contributed by atoms with E-state index in [1.807, 2.05) is 0 Å². The van der Waals surface area contributed by atoms with Crippen molar-refractivity contribution in [2.45, 2.75) is 6.36 Å². The van der Waals surface area contributed by atoms with Crippen LogP contribution in [0.3, 0.4) is 0 Å². The van der Waals surface area contributed by atoms with E-state index in [9.17, 15) is 23.1 Å². The summed E-state index contributed by atoms with van der Waals surface area (Å²) >= 11 is 0. The number of anilines is 1. The Hall–Kier alpha value is -3.95. The van der Waals surface area contributed by atoms with Crippen LogP contribution in [0.15, 0.2) is 60.8 Å². The van der Waals surface area contributed by atoms with E-state index < -0.39 is 12.3 Å². The van der Waals surface area contributed by atoms with Gasteiger partial charge >= 0.3 is 6.36 Å². The van der Waals surface area contributed by atoms with Crippen molar-refractivity contribution >= 4 is 11.6 Å². The highest BCUT2D eigenvalue weighted by Crippen LogP contribution is 2.29. The zero-order valence-corrected chi connectivity index (χ0v) is 15.4. The van der Waals surface area contributed by atoms with Crippen molar-refractivity contribution in [3.8, 4) is 28.7 Å². The fourth-order valence-electron chi connectivity index (χ4n) is 2.41. The Labute approximate surface area is 168 Å². The lowest BCUT2D eigenvalue weighted by atomic mass is 10.2. The number of benzene rings is 2. The van der Waals surface area contributed by atoms with Crippen LogP contribution in [0.5, 0.6) is 28.7 Å². The van der Waals surface area contributed by atoms with Crippen LogP contribution in [0.25, 0.3) is 0 Å². The molecule has 30 heavy (non-hydrogen) atoms. The average molecular weight is 420 g/mol. The summed E-state index contributed by atoms with van der Waals surface area (Å²) in [5.74, 6) is -0.574. The number of alkyl halides is 3. The van der Waals surface area contributed by atoms with E-state index in [1.165, 1.54) is 31.5 Å². The maximum atomic E-state index is 12.3. The quantitative estimate of drug-likeness (QED) is 0.599. The molecular formula is C20H15F3N2O5. The Balaban J connectivity index is 1.63. The maximum Gasteiger partial charge on any atom is 0.573 e. The van der Waals surface area contributed by atoms with Crippen molar-refractivity contribution in [2.75, 3.05) is 12.4 Å². The minimum absolute atomic E-state index is 0.116. The number of hydrogen-bond acceptors (Lipinski definition) is 6. The van der Waals surface area contributed by atoms with Gasteiger partial charge in [-0.25, -0.2) is 4.98 Å². The molecule has 0 aliphatic rings. The van der Waals surface area contributed by atoms with E-state index in [4.69, 9.17) is 9.47 Å². The van der Waals surface area contributed by atoms with Gasteiger partial charge in [0, 0.05) is 18.0 Å². The lowest BCUT2D eigenvalue weighted by Gasteiger charge is -2.11. The second-order valence-electron chi connectivity index (χ2n) is 5.81. The Bertz CT molecular complexity index is 1020. The third-order valence-corrected chi connectivity index (χ3v) is 3.73. The fraction of sp³-hybridized carbons (Fsp3) is 0.100. The molecule has 0 saturated heterocycles. The Morgan fingerprint density at radius 2 is 1.53 bits per heavy atom. The summed E-state index contributed by atoms with van der Waals surface area (Å²) in [5.41, 5.74) is 0.209. The summed E-state index contributed by atoms with van der Waals surface area (Å²) < 4.78 is 50.8. The number of hydrogen-bond donors (Lipinski definition) is 2. The Kier molecular flexibility index (Phi) is 5.95. The smallest absolute Gasteiger partial charge is 0.503 e. The van der Waals surface area contributed by atoms with Crippen molar-refractivity contribution in [1.29, 1.82) is 0 Å². The van der Waals surface area contributed by atoms with Gasteiger partial charge in [0.2, 0.25) is 0 Å². The highest BCUT2D eigenvalue weighted by molar-refractivity contribution is 6.05. The number of nitrogens with zero attached hydrogens (tertiary/aromatic N) is 1. The van der Waals surface area contributed by atoms with E-state index in [2.05, 4.69) is 15.0 Å². The molecule has 0 radical (unpaired) electrons. The van der Waals surface area contributed by atoms with Crippen LogP contribution < -0.4 is 19.5 Å². The second-order valence-corrected chi connectivity index (χ2v) is 5.81. The molecule has 0 saturated carbocycles. The van der Waals surface area contributed by atoms with Crippen LogP contribution in [0.4, 0.5) is 18.9 Å². The first-order valence-corrected chi connectivity index (χ1v) is 8.42. The van der Waals surface area contributed by atoms with Gasteiger partial charge in [0.15, 0.2) is 17.2 Å². The second kappa shape index (κ2) is 8.60. The minimum atomic E-state index is -4.76.